The molecular formula is C7H13NO2. The predicted octanol–water partition coefficient (Wildman–Crippen LogP) is 0.254. The van der Waals surface area contributed by atoms with Crippen LogP contribution in [0.3, 0.4) is 0 Å². The lowest BCUT2D eigenvalue weighted by atomic mass is 10.2. The summed E-state index contributed by atoms with van der Waals surface area (Å²) in [6.45, 7) is 5.06. The second kappa shape index (κ2) is 2.23. The van der Waals surface area contributed by atoms with Gasteiger partial charge in [0.25, 0.3) is 0 Å². The van der Waals surface area contributed by atoms with E-state index in [2.05, 4.69) is 0 Å². The molecular weight excluding hydrogens is 130 g/mol. The Morgan fingerprint density at radius 2 is 2.30 bits per heavy atom. The number of carbonyl (C=O) groups excluding carboxylic acids is 1. The van der Waals surface area contributed by atoms with Gasteiger partial charge >= 0.3 is 0 Å². The summed E-state index contributed by atoms with van der Waals surface area (Å²) in [7, 11) is 1.79. The van der Waals surface area contributed by atoms with Crippen LogP contribution in [0.15, 0.2) is 0 Å². The number of epoxide rings is 1. The van der Waals surface area contributed by atoms with E-state index in [4.69, 9.17) is 4.74 Å². The molecule has 0 aliphatic carbocycles. The number of hydrogen-bond acceptors (Lipinski definition) is 2. The Kier molecular flexibility index (Phi) is 1.68. The zero-order valence-electron chi connectivity index (χ0n) is 6.68. The average Bonchev–Trinajstić information content (AvgIpc) is 2.47. The Labute approximate surface area is 61.0 Å². The number of amides is 1. The van der Waals surface area contributed by atoms with E-state index in [1.54, 1.807) is 18.9 Å². The van der Waals surface area contributed by atoms with E-state index < -0.39 is 0 Å². The van der Waals surface area contributed by atoms with Crippen molar-refractivity contribution in [1.29, 1.82) is 0 Å². The minimum atomic E-state index is -0.0413. The SMILES string of the molecule is CC(=O)N(C)CC1(C)CO1. The van der Waals surface area contributed by atoms with Crippen LogP contribution in [0.25, 0.3) is 0 Å². The molecule has 3 nitrogen and oxygen atoms in total. The maximum absolute atomic E-state index is 10.7. The third-order valence-electron chi connectivity index (χ3n) is 1.75. The van der Waals surface area contributed by atoms with Gasteiger partial charge in [0.15, 0.2) is 0 Å². The van der Waals surface area contributed by atoms with E-state index in [-0.39, 0.29) is 11.5 Å². The third kappa shape index (κ3) is 1.70. The van der Waals surface area contributed by atoms with Crippen LogP contribution in [0.1, 0.15) is 13.8 Å². The van der Waals surface area contributed by atoms with Crippen LogP contribution in [0, 0.1) is 0 Å². The highest BCUT2D eigenvalue weighted by molar-refractivity contribution is 5.72. The zero-order valence-corrected chi connectivity index (χ0v) is 6.68. The van der Waals surface area contributed by atoms with Gasteiger partial charge < -0.3 is 9.64 Å². The summed E-state index contributed by atoms with van der Waals surface area (Å²) in [5.74, 6) is 0.0942. The van der Waals surface area contributed by atoms with Crippen LogP contribution >= 0.6 is 0 Å². The molecule has 1 aliphatic rings. The van der Waals surface area contributed by atoms with Crippen molar-refractivity contribution < 1.29 is 9.53 Å². The summed E-state index contributed by atoms with van der Waals surface area (Å²) in [5.41, 5.74) is -0.0413. The number of rotatable bonds is 2. The van der Waals surface area contributed by atoms with Crippen LogP contribution in [-0.2, 0) is 9.53 Å². The number of likely N-dealkylation sites (N-methyl/N-ethyl adjacent to an activating group) is 1. The molecule has 0 aromatic carbocycles. The molecule has 0 N–H and O–H groups in total. The molecule has 1 saturated heterocycles. The number of hydrogen-bond donors (Lipinski definition) is 0. The molecule has 0 radical (unpaired) electrons. The van der Waals surface area contributed by atoms with Gasteiger partial charge in [-0.25, -0.2) is 0 Å². The molecule has 1 atom stereocenters. The zero-order chi connectivity index (χ0) is 7.78. The highest BCUT2D eigenvalue weighted by atomic mass is 16.6. The topological polar surface area (TPSA) is 32.8 Å². The lowest BCUT2D eigenvalue weighted by Crippen LogP contribution is -2.33. The summed E-state index contributed by atoms with van der Waals surface area (Å²) < 4.78 is 5.12. The monoisotopic (exact) mass is 143 g/mol. The summed E-state index contributed by atoms with van der Waals surface area (Å²) in [5, 5.41) is 0. The maximum Gasteiger partial charge on any atom is 0.219 e. The van der Waals surface area contributed by atoms with E-state index in [1.165, 1.54) is 0 Å². The number of nitrogens with zero attached hydrogens (tertiary/aromatic N) is 1. The second-order valence-electron chi connectivity index (χ2n) is 3.11. The highest BCUT2D eigenvalue weighted by Crippen LogP contribution is 2.26. The lowest BCUT2D eigenvalue weighted by Gasteiger charge is -2.16. The Morgan fingerprint density at radius 1 is 1.80 bits per heavy atom. The molecule has 1 rings (SSSR count). The molecule has 0 spiro atoms. The fraction of sp³-hybridized carbons (Fsp3) is 0.857. The highest BCUT2D eigenvalue weighted by Gasteiger charge is 2.40. The molecule has 1 heterocycles. The minimum absolute atomic E-state index is 0.0413. The third-order valence-corrected chi connectivity index (χ3v) is 1.75. The van der Waals surface area contributed by atoms with Crippen LogP contribution in [0.2, 0.25) is 0 Å². The normalized spacial score (nSPS) is 29.9. The van der Waals surface area contributed by atoms with Gasteiger partial charge in [0.05, 0.1) is 13.2 Å². The van der Waals surface area contributed by atoms with Crippen molar-refractivity contribution in [2.24, 2.45) is 0 Å². The largest absolute Gasteiger partial charge is 0.368 e. The number of carbonyl (C=O) groups is 1. The molecule has 1 amide bonds. The Hall–Kier alpha value is -0.570. The van der Waals surface area contributed by atoms with Crippen molar-refractivity contribution in [3.63, 3.8) is 0 Å². The minimum Gasteiger partial charge on any atom is -0.368 e. The number of ether oxygens (including phenoxy) is 1. The molecule has 0 saturated carbocycles. The van der Waals surface area contributed by atoms with Crippen LogP contribution < -0.4 is 0 Å². The fourth-order valence-corrected chi connectivity index (χ4v) is 0.828. The molecule has 0 aromatic heterocycles. The Bertz CT molecular complexity index is 152. The van der Waals surface area contributed by atoms with Gasteiger partial charge in [-0.3, -0.25) is 4.79 Å². The van der Waals surface area contributed by atoms with Gasteiger partial charge in [0.1, 0.15) is 5.60 Å². The van der Waals surface area contributed by atoms with E-state index in [1.807, 2.05) is 6.92 Å². The first-order chi connectivity index (χ1) is 4.53. The molecule has 3 heteroatoms. The van der Waals surface area contributed by atoms with Gasteiger partial charge in [-0.2, -0.15) is 0 Å². The fourth-order valence-electron chi connectivity index (χ4n) is 0.828. The van der Waals surface area contributed by atoms with Crippen LogP contribution in [0.5, 0.6) is 0 Å². The van der Waals surface area contributed by atoms with E-state index in [0.29, 0.717) is 6.54 Å². The maximum atomic E-state index is 10.7. The van der Waals surface area contributed by atoms with Gasteiger partial charge in [-0.1, -0.05) is 0 Å². The summed E-state index contributed by atoms with van der Waals surface area (Å²) >= 11 is 0. The van der Waals surface area contributed by atoms with Crippen molar-refractivity contribution in [2.75, 3.05) is 20.2 Å². The standard InChI is InChI=1S/C7H13NO2/c1-6(9)8(3)4-7(2)5-10-7/h4-5H2,1-3H3. The van der Waals surface area contributed by atoms with Gasteiger partial charge in [0.2, 0.25) is 5.91 Å². The van der Waals surface area contributed by atoms with Crippen molar-refractivity contribution in [3.8, 4) is 0 Å². The van der Waals surface area contributed by atoms with E-state index in [9.17, 15) is 4.79 Å². The molecule has 1 unspecified atom stereocenters. The molecule has 10 heavy (non-hydrogen) atoms. The van der Waals surface area contributed by atoms with E-state index >= 15 is 0 Å². The molecule has 58 valence electrons. The van der Waals surface area contributed by atoms with Crippen molar-refractivity contribution in [3.05, 3.63) is 0 Å². The molecule has 1 fully saturated rings. The predicted molar refractivity (Wildman–Crippen MR) is 37.7 cm³/mol. The first-order valence-corrected chi connectivity index (χ1v) is 3.39. The van der Waals surface area contributed by atoms with Crippen LogP contribution in [-0.4, -0.2) is 36.6 Å². The van der Waals surface area contributed by atoms with Gasteiger partial charge in [0, 0.05) is 14.0 Å². The van der Waals surface area contributed by atoms with Crippen molar-refractivity contribution in [2.45, 2.75) is 19.4 Å². The van der Waals surface area contributed by atoms with Crippen molar-refractivity contribution >= 4 is 5.91 Å². The quantitative estimate of drug-likeness (QED) is 0.519. The Morgan fingerprint density at radius 3 is 2.60 bits per heavy atom. The average molecular weight is 143 g/mol. The Balaban J connectivity index is 2.31. The smallest absolute Gasteiger partial charge is 0.219 e. The first kappa shape index (κ1) is 7.54. The molecule has 1 aliphatic heterocycles. The summed E-state index contributed by atoms with van der Waals surface area (Å²) in [6.07, 6.45) is 0. The molecule has 0 aromatic rings. The van der Waals surface area contributed by atoms with Crippen molar-refractivity contribution in [1.82, 2.24) is 4.90 Å². The lowest BCUT2D eigenvalue weighted by molar-refractivity contribution is -0.128. The van der Waals surface area contributed by atoms with Crippen LogP contribution in [0.4, 0.5) is 0 Å². The second-order valence-corrected chi connectivity index (χ2v) is 3.11. The van der Waals surface area contributed by atoms with Gasteiger partial charge in [-0.05, 0) is 6.92 Å². The summed E-state index contributed by atoms with van der Waals surface area (Å²) in [4.78, 5) is 12.4. The molecule has 0 bridgehead atoms. The first-order valence-electron chi connectivity index (χ1n) is 3.39. The summed E-state index contributed by atoms with van der Waals surface area (Å²) in [6, 6.07) is 0. The van der Waals surface area contributed by atoms with E-state index in [0.717, 1.165) is 6.61 Å². The van der Waals surface area contributed by atoms with Gasteiger partial charge in [-0.15, -0.1) is 0 Å².